The Morgan fingerprint density at radius 1 is 0.821 bits per heavy atom. The molecule has 1 spiro atoms. The molecular formula is C27H19N3O8S. The standard InChI is InChI=1S/C27H19N3O8S/c28-26(34)30(19-5-1-2-7-23(19)39(29,35)36)20-6-3-4-18-24(20)25(33)38-27(18)16-10-8-14(31)12-21(16)37-22-13-15(32)9-11-17(22)27/h1-13,31-32H,(H2,28,34)(H2,29,35,36). The first-order valence-corrected chi connectivity index (χ1v) is 13.0. The van der Waals surface area contributed by atoms with Crippen LogP contribution in [-0.2, 0) is 20.4 Å². The van der Waals surface area contributed by atoms with Crippen LogP contribution in [0.3, 0.4) is 0 Å². The molecule has 6 rings (SSSR count). The summed E-state index contributed by atoms with van der Waals surface area (Å²) in [5, 5.41) is 25.6. The lowest BCUT2D eigenvalue weighted by atomic mass is 9.77. The number of nitrogens with zero attached hydrogens (tertiary/aromatic N) is 1. The SMILES string of the molecule is NC(=O)N(c1ccccc1S(N)(=O)=O)c1cccc2c1C(=O)OC21c2ccc(O)cc2Oc2cc(O)ccc21. The van der Waals surface area contributed by atoms with E-state index in [0.717, 1.165) is 4.90 Å². The van der Waals surface area contributed by atoms with Gasteiger partial charge in [-0.1, -0.05) is 24.3 Å². The van der Waals surface area contributed by atoms with Crippen LogP contribution in [0.1, 0.15) is 27.0 Å². The van der Waals surface area contributed by atoms with E-state index in [1.54, 1.807) is 12.1 Å². The number of primary sulfonamides is 1. The number of amides is 2. The first-order chi connectivity index (χ1) is 18.5. The van der Waals surface area contributed by atoms with Gasteiger partial charge in [-0.25, -0.2) is 23.1 Å². The first-order valence-electron chi connectivity index (χ1n) is 11.5. The number of sulfonamides is 1. The predicted molar refractivity (Wildman–Crippen MR) is 138 cm³/mol. The maximum Gasteiger partial charge on any atom is 0.342 e. The second-order valence-electron chi connectivity index (χ2n) is 8.92. The molecule has 0 atom stereocenters. The number of carbonyl (C=O) groups is 2. The van der Waals surface area contributed by atoms with Crippen LogP contribution in [0.4, 0.5) is 16.2 Å². The summed E-state index contributed by atoms with van der Waals surface area (Å²) >= 11 is 0. The molecule has 0 unspecified atom stereocenters. The summed E-state index contributed by atoms with van der Waals surface area (Å²) in [6.45, 7) is 0. The molecular weight excluding hydrogens is 526 g/mol. The van der Waals surface area contributed by atoms with Gasteiger partial charge in [-0.05, 0) is 42.5 Å². The number of phenolic OH excluding ortho intramolecular Hbond substituents is 2. The summed E-state index contributed by atoms with van der Waals surface area (Å²) in [4.78, 5) is 27.0. The van der Waals surface area contributed by atoms with Gasteiger partial charge >= 0.3 is 12.0 Å². The van der Waals surface area contributed by atoms with Crippen molar-refractivity contribution in [3.63, 3.8) is 0 Å². The summed E-state index contributed by atoms with van der Waals surface area (Å²) in [5.41, 5.74) is 4.93. The number of ether oxygens (including phenoxy) is 2. The quantitative estimate of drug-likeness (QED) is 0.282. The maximum atomic E-state index is 13.7. The summed E-state index contributed by atoms with van der Waals surface area (Å²) < 4.78 is 36.7. The number of nitrogens with two attached hydrogens (primary N) is 2. The molecule has 0 aromatic heterocycles. The Hall–Kier alpha value is -5.07. The Bertz CT molecular complexity index is 1790. The minimum absolute atomic E-state index is 0.0369. The van der Waals surface area contributed by atoms with E-state index in [1.807, 2.05) is 0 Å². The molecule has 0 saturated heterocycles. The zero-order chi connectivity index (χ0) is 27.7. The fraction of sp³-hybridized carbons (Fsp3) is 0.0370. The number of para-hydroxylation sites is 1. The smallest absolute Gasteiger partial charge is 0.342 e. The zero-order valence-corrected chi connectivity index (χ0v) is 20.7. The molecule has 2 amide bonds. The monoisotopic (exact) mass is 545 g/mol. The normalized spacial score (nSPS) is 14.5. The summed E-state index contributed by atoms with van der Waals surface area (Å²) in [7, 11) is -4.29. The Morgan fingerprint density at radius 3 is 2.00 bits per heavy atom. The molecule has 0 saturated carbocycles. The minimum atomic E-state index is -4.29. The van der Waals surface area contributed by atoms with E-state index < -0.39 is 27.6 Å². The molecule has 11 nitrogen and oxygen atoms in total. The number of benzene rings is 4. The first kappa shape index (κ1) is 24.3. The second kappa shape index (κ2) is 8.21. The van der Waals surface area contributed by atoms with Gasteiger partial charge in [0.05, 0.1) is 16.9 Å². The van der Waals surface area contributed by atoms with Crippen molar-refractivity contribution >= 4 is 33.4 Å². The number of anilines is 2. The number of hydrogen-bond acceptors (Lipinski definition) is 8. The fourth-order valence-electron chi connectivity index (χ4n) is 5.17. The largest absolute Gasteiger partial charge is 0.508 e. The molecule has 39 heavy (non-hydrogen) atoms. The van der Waals surface area contributed by atoms with Gasteiger partial charge in [-0.3, -0.25) is 4.90 Å². The third kappa shape index (κ3) is 3.50. The number of urea groups is 1. The molecule has 0 fully saturated rings. The molecule has 2 heterocycles. The van der Waals surface area contributed by atoms with Crippen LogP contribution in [-0.4, -0.2) is 30.6 Å². The van der Waals surface area contributed by atoms with Crippen molar-refractivity contribution in [2.75, 3.05) is 4.90 Å². The molecule has 2 aliphatic rings. The number of primary amides is 1. The van der Waals surface area contributed by atoms with E-state index in [0.29, 0.717) is 16.7 Å². The summed E-state index contributed by atoms with van der Waals surface area (Å²) in [6, 6.07) is 17.6. The number of aromatic hydroxyl groups is 2. The van der Waals surface area contributed by atoms with E-state index >= 15 is 0 Å². The third-order valence-corrected chi connectivity index (χ3v) is 7.61. The third-order valence-electron chi connectivity index (χ3n) is 6.65. The van der Waals surface area contributed by atoms with Crippen LogP contribution in [0.2, 0.25) is 0 Å². The van der Waals surface area contributed by atoms with Gasteiger partial charge in [0.25, 0.3) is 0 Å². The second-order valence-corrected chi connectivity index (χ2v) is 10.4. The Labute approximate surface area is 221 Å². The lowest BCUT2D eigenvalue weighted by molar-refractivity contribution is 0.0224. The number of esters is 1. The van der Waals surface area contributed by atoms with E-state index in [2.05, 4.69) is 0 Å². The van der Waals surface area contributed by atoms with Crippen LogP contribution >= 0.6 is 0 Å². The van der Waals surface area contributed by atoms with Crippen LogP contribution in [0.25, 0.3) is 0 Å². The van der Waals surface area contributed by atoms with Crippen molar-refractivity contribution in [2.45, 2.75) is 10.5 Å². The fourth-order valence-corrected chi connectivity index (χ4v) is 5.88. The average Bonchev–Trinajstić information content (AvgIpc) is 3.16. The zero-order valence-electron chi connectivity index (χ0n) is 19.9. The predicted octanol–water partition coefficient (Wildman–Crippen LogP) is 3.53. The van der Waals surface area contributed by atoms with Crippen molar-refractivity contribution in [2.24, 2.45) is 10.9 Å². The molecule has 12 heteroatoms. The summed E-state index contributed by atoms with van der Waals surface area (Å²) in [5.74, 6) is -0.702. The van der Waals surface area contributed by atoms with Gasteiger partial charge in [0.15, 0.2) is 5.60 Å². The van der Waals surface area contributed by atoms with E-state index in [9.17, 15) is 28.2 Å². The highest BCUT2D eigenvalue weighted by atomic mass is 32.2. The van der Waals surface area contributed by atoms with Crippen LogP contribution < -0.4 is 20.5 Å². The van der Waals surface area contributed by atoms with Crippen molar-refractivity contribution in [3.8, 4) is 23.0 Å². The highest BCUT2D eigenvalue weighted by Crippen LogP contribution is 2.58. The number of fused-ring (bicyclic) bond motifs is 6. The van der Waals surface area contributed by atoms with Crippen LogP contribution in [0.5, 0.6) is 23.0 Å². The Balaban J connectivity index is 1.67. The highest BCUT2D eigenvalue weighted by molar-refractivity contribution is 7.89. The molecule has 196 valence electrons. The number of carbonyl (C=O) groups excluding carboxylic acids is 2. The topological polar surface area (TPSA) is 182 Å². The molecule has 6 N–H and O–H groups in total. The summed E-state index contributed by atoms with van der Waals surface area (Å²) in [6.07, 6.45) is 0. The van der Waals surface area contributed by atoms with Crippen LogP contribution in [0.15, 0.2) is 83.8 Å². The van der Waals surface area contributed by atoms with E-state index in [1.165, 1.54) is 66.7 Å². The molecule has 2 aliphatic heterocycles. The molecule has 4 aromatic carbocycles. The van der Waals surface area contributed by atoms with E-state index in [-0.39, 0.29) is 44.8 Å². The molecule has 0 bridgehead atoms. The number of hydrogen-bond donors (Lipinski definition) is 4. The van der Waals surface area contributed by atoms with Gasteiger partial charge in [0.1, 0.15) is 27.9 Å². The van der Waals surface area contributed by atoms with Gasteiger partial charge in [0.2, 0.25) is 10.0 Å². The Kier molecular flexibility index (Phi) is 5.11. The van der Waals surface area contributed by atoms with Gasteiger partial charge in [-0.2, -0.15) is 0 Å². The van der Waals surface area contributed by atoms with Crippen molar-refractivity contribution < 1.29 is 37.7 Å². The van der Waals surface area contributed by atoms with Crippen LogP contribution in [0, 0.1) is 0 Å². The number of rotatable bonds is 3. The lowest BCUT2D eigenvalue weighted by Crippen LogP contribution is -2.34. The average molecular weight is 546 g/mol. The van der Waals surface area contributed by atoms with Gasteiger partial charge in [-0.15, -0.1) is 0 Å². The molecule has 0 radical (unpaired) electrons. The maximum absolute atomic E-state index is 13.7. The van der Waals surface area contributed by atoms with Crippen molar-refractivity contribution in [1.82, 2.24) is 0 Å². The Morgan fingerprint density at radius 2 is 1.41 bits per heavy atom. The lowest BCUT2D eigenvalue weighted by Gasteiger charge is -2.36. The van der Waals surface area contributed by atoms with Crippen molar-refractivity contribution in [3.05, 3.63) is 101 Å². The van der Waals surface area contributed by atoms with Crippen molar-refractivity contribution in [1.29, 1.82) is 0 Å². The molecule has 4 aromatic rings. The molecule has 0 aliphatic carbocycles. The van der Waals surface area contributed by atoms with E-state index in [4.69, 9.17) is 20.3 Å². The number of phenols is 2. The minimum Gasteiger partial charge on any atom is -0.508 e. The van der Waals surface area contributed by atoms with Gasteiger partial charge < -0.3 is 25.4 Å². The highest BCUT2D eigenvalue weighted by Gasteiger charge is 2.55. The van der Waals surface area contributed by atoms with Gasteiger partial charge in [0, 0.05) is 28.8 Å².